The number of Topliss-reactive ketones (excluding diaryl/α,β-unsaturated/α-hetero) is 1. The number of hydrogen-bond acceptors (Lipinski definition) is 4. The molecule has 0 radical (unpaired) electrons. The van der Waals surface area contributed by atoms with Crippen LogP contribution in [-0.2, 0) is 16.6 Å². The van der Waals surface area contributed by atoms with E-state index in [4.69, 9.17) is 16.3 Å². The SMILES string of the molecule is CCOc1ccc(Cl)c(/C(O)=C2\C(=O)C(=O)N(C3CCCC3)C2c2cn(C)c3ccccc23)c1. The highest BCUT2D eigenvalue weighted by Gasteiger charge is 2.50. The molecule has 1 saturated heterocycles. The maximum absolute atomic E-state index is 13.4. The third kappa shape index (κ3) is 3.57. The molecule has 2 heterocycles. The van der Waals surface area contributed by atoms with Crippen molar-refractivity contribution in [3.63, 3.8) is 0 Å². The second-order valence-electron chi connectivity index (χ2n) is 8.93. The number of para-hydroxylation sites is 1. The van der Waals surface area contributed by atoms with Gasteiger partial charge in [-0.25, -0.2) is 0 Å². The largest absolute Gasteiger partial charge is 0.507 e. The molecule has 1 unspecified atom stereocenters. The Kier molecular flexibility index (Phi) is 5.86. The van der Waals surface area contributed by atoms with Gasteiger partial charge in [-0.05, 0) is 44.0 Å². The summed E-state index contributed by atoms with van der Waals surface area (Å²) in [6.07, 6.45) is 5.66. The molecule has 1 amide bonds. The molecule has 1 atom stereocenters. The summed E-state index contributed by atoms with van der Waals surface area (Å²) in [5, 5.41) is 12.7. The molecule has 0 spiro atoms. The standard InChI is InChI=1S/C27H27ClN2O4/c1-3-34-17-12-13-21(28)19(14-17)25(31)23-24(20-15-29(2)22-11-7-6-10-18(20)22)30(27(33)26(23)32)16-8-4-5-9-16/h6-7,10-16,24,31H,3-5,8-9H2,1-2H3/b25-23+. The number of nitrogens with zero attached hydrogens (tertiary/aromatic N) is 2. The zero-order valence-electron chi connectivity index (χ0n) is 19.3. The van der Waals surface area contributed by atoms with Crippen molar-refractivity contribution in [1.82, 2.24) is 9.47 Å². The van der Waals surface area contributed by atoms with Crippen LogP contribution in [0.25, 0.3) is 16.7 Å². The van der Waals surface area contributed by atoms with Crippen LogP contribution in [0.4, 0.5) is 0 Å². The van der Waals surface area contributed by atoms with Crippen LogP contribution in [0, 0.1) is 0 Å². The Hall–Kier alpha value is -3.25. The van der Waals surface area contributed by atoms with E-state index in [2.05, 4.69) is 0 Å². The topological polar surface area (TPSA) is 71.8 Å². The summed E-state index contributed by atoms with van der Waals surface area (Å²) in [6.45, 7) is 2.31. The summed E-state index contributed by atoms with van der Waals surface area (Å²) in [5.41, 5.74) is 2.17. The maximum Gasteiger partial charge on any atom is 0.295 e. The number of fused-ring (bicyclic) bond motifs is 1. The van der Waals surface area contributed by atoms with Gasteiger partial charge >= 0.3 is 0 Å². The summed E-state index contributed by atoms with van der Waals surface area (Å²) in [4.78, 5) is 28.5. The summed E-state index contributed by atoms with van der Waals surface area (Å²) in [6, 6.07) is 12.1. The molecule has 2 aliphatic rings. The van der Waals surface area contributed by atoms with Gasteiger partial charge in [-0.1, -0.05) is 42.6 Å². The van der Waals surface area contributed by atoms with Gasteiger partial charge in [-0.15, -0.1) is 0 Å². The van der Waals surface area contributed by atoms with Gasteiger partial charge in [0.2, 0.25) is 0 Å². The molecule has 1 aliphatic carbocycles. The van der Waals surface area contributed by atoms with Crippen LogP contribution in [0.5, 0.6) is 5.75 Å². The fraction of sp³-hybridized carbons (Fsp3) is 0.333. The number of aliphatic hydroxyl groups is 1. The van der Waals surface area contributed by atoms with Crippen molar-refractivity contribution in [3.05, 3.63) is 70.4 Å². The van der Waals surface area contributed by atoms with Gasteiger partial charge in [-0.3, -0.25) is 9.59 Å². The van der Waals surface area contributed by atoms with Crippen LogP contribution in [0.3, 0.4) is 0 Å². The average Bonchev–Trinajstić information content (AvgIpc) is 3.53. The van der Waals surface area contributed by atoms with Gasteiger partial charge in [0, 0.05) is 41.3 Å². The third-order valence-electron chi connectivity index (χ3n) is 6.92. The number of carbonyl (C=O) groups excluding carboxylic acids is 2. The van der Waals surface area contributed by atoms with Crippen LogP contribution >= 0.6 is 11.6 Å². The first-order valence-electron chi connectivity index (χ1n) is 11.7. The summed E-state index contributed by atoms with van der Waals surface area (Å²) in [7, 11) is 1.94. The third-order valence-corrected chi connectivity index (χ3v) is 7.25. The first-order valence-corrected chi connectivity index (χ1v) is 12.1. The fourth-order valence-corrected chi connectivity index (χ4v) is 5.60. The van der Waals surface area contributed by atoms with E-state index in [1.54, 1.807) is 23.1 Å². The number of amides is 1. The minimum atomic E-state index is -0.694. The molecule has 1 N–H and O–H groups in total. The Morgan fingerprint density at radius 1 is 1.15 bits per heavy atom. The van der Waals surface area contributed by atoms with Crippen molar-refractivity contribution in [3.8, 4) is 5.75 Å². The van der Waals surface area contributed by atoms with E-state index in [9.17, 15) is 14.7 Å². The highest BCUT2D eigenvalue weighted by molar-refractivity contribution is 6.47. The second-order valence-corrected chi connectivity index (χ2v) is 9.34. The molecule has 5 rings (SSSR count). The van der Waals surface area contributed by atoms with Crippen LogP contribution in [-0.4, -0.2) is 38.9 Å². The van der Waals surface area contributed by atoms with Crippen molar-refractivity contribution < 1.29 is 19.4 Å². The lowest BCUT2D eigenvalue weighted by Gasteiger charge is -2.30. The normalized spacial score (nSPS) is 20.6. The number of halogens is 1. The summed E-state index contributed by atoms with van der Waals surface area (Å²) >= 11 is 6.45. The summed E-state index contributed by atoms with van der Waals surface area (Å²) in [5.74, 6) is -0.993. The zero-order valence-corrected chi connectivity index (χ0v) is 20.0. The Morgan fingerprint density at radius 3 is 2.62 bits per heavy atom. The highest BCUT2D eigenvalue weighted by atomic mass is 35.5. The highest BCUT2D eigenvalue weighted by Crippen LogP contribution is 2.46. The smallest absolute Gasteiger partial charge is 0.295 e. The first kappa shape index (κ1) is 22.5. The lowest BCUT2D eigenvalue weighted by Crippen LogP contribution is -2.37. The van der Waals surface area contributed by atoms with Crippen molar-refractivity contribution in [2.75, 3.05) is 6.61 Å². The lowest BCUT2D eigenvalue weighted by molar-refractivity contribution is -0.141. The number of ether oxygens (including phenoxy) is 1. The molecule has 34 heavy (non-hydrogen) atoms. The summed E-state index contributed by atoms with van der Waals surface area (Å²) < 4.78 is 7.57. The van der Waals surface area contributed by atoms with Crippen molar-refractivity contribution in [2.45, 2.75) is 44.7 Å². The number of aliphatic hydroxyl groups excluding tert-OH is 1. The number of aromatic nitrogens is 1. The predicted molar refractivity (Wildman–Crippen MR) is 132 cm³/mol. The van der Waals surface area contributed by atoms with E-state index in [1.165, 1.54) is 0 Å². The van der Waals surface area contributed by atoms with E-state index >= 15 is 0 Å². The molecule has 6 nitrogen and oxygen atoms in total. The van der Waals surface area contributed by atoms with E-state index in [-0.39, 0.29) is 28.0 Å². The first-order chi connectivity index (χ1) is 16.4. The molecule has 176 valence electrons. The number of benzene rings is 2. The van der Waals surface area contributed by atoms with Gasteiger partial charge in [0.25, 0.3) is 11.7 Å². The van der Waals surface area contributed by atoms with Gasteiger partial charge in [0.05, 0.1) is 23.2 Å². The van der Waals surface area contributed by atoms with E-state index in [0.29, 0.717) is 12.4 Å². The van der Waals surface area contributed by atoms with Gasteiger partial charge in [0.1, 0.15) is 11.5 Å². The molecular weight excluding hydrogens is 452 g/mol. The van der Waals surface area contributed by atoms with Crippen LogP contribution in [0.2, 0.25) is 5.02 Å². The molecule has 7 heteroatoms. The molecule has 3 aromatic rings. The van der Waals surface area contributed by atoms with Crippen molar-refractivity contribution in [1.29, 1.82) is 0 Å². The lowest BCUT2D eigenvalue weighted by atomic mass is 9.94. The molecule has 1 aliphatic heterocycles. The van der Waals surface area contributed by atoms with Crippen LogP contribution in [0.15, 0.2) is 54.2 Å². The average molecular weight is 479 g/mol. The van der Waals surface area contributed by atoms with E-state index in [0.717, 1.165) is 42.1 Å². The minimum Gasteiger partial charge on any atom is -0.507 e. The number of ketones is 1. The fourth-order valence-electron chi connectivity index (χ4n) is 5.39. The molecule has 2 fully saturated rings. The van der Waals surface area contributed by atoms with E-state index < -0.39 is 17.7 Å². The molecular formula is C27H27ClN2O4. The number of aryl methyl sites for hydroxylation is 1. The van der Waals surface area contributed by atoms with E-state index in [1.807, 2.05) is 49.0 Å². The Morgan fingerprint density at radius 2 is 1.88 bits per heavy atom. The molecule has 1 aromatic heterocycles. The number of hydrogen-bond donors (Lipinski definition) is 1. The number of carbonyl (C=O) groups is 2. The number of likely N-dealkylation sites (tertiary alicyclic amines) is 1. The zero-order chi connectivity index (χ0) is 24.0. The van der Waals surface area contributed by atoms with Crippen molar-refractivity contribution >= 4 is 40.0 Å². The molecule has 1 saturated carbocycles. The monoisotopic (exact) mass is 478 g/mol. The van der Waals surface area contributed by atoms with Gasteiger partial charge in [0.15, 0.2) is 0 Å². The number of rotatable bonds is 5. The minimum absolute atomic E-state index is 0.0454. The molecule has 0 bridgehead atoms. The predicted octanol–water partition coefficient (Wildman–Crippen LogP) is 5.59. The van der Waals surface area contributed by atoms with Crippen molar-refractivity contribution in [2.24, 2.45) is 7.05 Å². The van der Waals surface area contributed by atoms with Crippen LogP contribution < -0.4 is 4.74 Å². The molecule has 2 aromatic carbocycles. The maximum atomic E-state index is 13.4. The van der Waals surface area contributed by atoms with Gasteiger partial charge < -0.3 is 19.3 Å². The Bertz CT molecular complexity index is 1320. The van der Waals surface area contributed by atoms with Crippen LogP contribution in [0.1, 0.15) is 49.8 Å². The Labute approximate surface area is 203 Å². The second kappa shape index (κ2) is 8.84. The quantitative estimate of drug-likeness (QED) is 0.294. The van der Waals surface area contributed by atoms with Gasteiger partial charge in [-0.2, -0.15) is 0 Å². The Balaban J connectivity index is 1.75.